The molecule has 0 radical (unpaired) electrons. The third-order valence-corrected chi connectivity index (χ3v) is 5.96. The second-order valence-corrected chi connectivity index (χ2v) is 8.57. The maximum atomic E-state index is 10.9. The van der Waals surface area contributed by atoms with E-state index in [2.05, 4.69) is 39.0 Å². The molecule has 0 heterocycles. The van der Waals surface area contributed by atoms with Gasteiger partial charge in [0.25, 0.3) is 0 Å². The van der Waals surface area contributed by atoms with Crippen LogP contribution in [0.3, 0.4) is 0 Å². The van der Waals surface area contributed by atoms with Crippen LogP contribution in [0.1, 0.15) is 66.7 Å². The van der Waals surface area contributed by atoms with Crippen LogP contribution in [0.4, 0.5) is 0 Å². The van der Waals surface area contributed by atoms with Crippen molar-refractivity contribution in [3.63, 3.8) is 0 Å². The molecule has 0 saturated heterocycles. The zero-order chi connectivity index (χ0) is 16.5. The summed E-state index contributed by atoms with van der Waals surface area (Å²) in [6.07, 6.45) is 11.6. The van der Waals surface area contributed by atoms with Gasteiger partial charge in [-0.1, -0.05) is 37.6 Å². The summed E-state index contributed by atoms with van der Waals surface area (Å²) in [5.74, 6) is 0.844. The highest BCUT2D eigenvalue weighted by Crippen LogP contribution is 2.54. The number of aliphatic hydroxyl groups excluding tert-OH is 1. The molecule has 2 aliphatic rings. The van der Waals surface area contributed by atoms with Crippen LogP contribution in [0, 0.1) is 23.2 Å². The van der Waals surface area contributed by atoms with Crippen LogP contribution >= 0.6 is 0 Å². The van der Waals surface area contributed by atoms with E-state index in [9.17, 15) is 10.2 Å². The Bertz CT molecular complexity index is 443. The Hall–Kier alpha value is -0.600. The number of hydrogen-bond donors (Lipinski definition) is 2. The van der Waals surface area contributed by atoms with Gasteiger partial charge in [0.05, 0.1) is 11.7 Å². The van der Waals surface area contributed by atoms with Crippen molar-refractivity contribution in [1.29, 1.82) is 0 Å². The van der Waals surface area contributed by atoms with Gasteiger partial charge >= 0.3 is 0 Å². The quantitative estimate of drug-likeness (QED) is 0.702. The lowest BCUT2D eigenvalue weighted by Gasteiger charge is -2.40. The van der Waals surface area contributed by atoms with E-state index in [1.165, 1.54) is 12.0 Å². The van der Waals surface area contributed by atoms with Crippen molar-refractivity contribution in [3.8, 4) is 0 Å². The van der Waals surface area contributed by atoms with Gasteiger partial charge in [-0.2, -0.15) is 0 Å². The zero-order valence-corrected chi connectivity index (χ0v) is 15.0. The number of aliphatic hydroxyl groups is 2. The molecule has 0 aromatic heterocycles. The van der Waals surface area contributed by atoms with E-state index in [1.807, 2.05) is 13.8 Å². The van der Waals surface area contributed by atoms with Gasteiger partial charge in [0.15, 0.2) is 0 Å². The van der Waals surface area contributed by atoms with E-state index in [-0.39, 0.29) is 23.4 Å². The van der Waals surface area contributed by atoms with Crippen LogP contribution in [-0.2, 0) is 0 Å². The summed E-state index contributed by atoms with van der Waals surface area (Å²) in [4.78, 5) is 0. The van der Waals surface area contributed by atoms with Gasteiger partial charge in [-0.05, 0) is 76.0 Å². The maximum absolute atomic E-state index is 10.9. The second-order valence-electron chi connectivity index (χ2n) is 8.57. The molecule has 2 aliphatic carbocycles. The molecule has 0 aromatic carbocycles. The zero-order valence-electron chi connectivity index (χ0n) is 15.0. The summed E-state index contributed by atoms with van der Waals surface area (Å²) in [6.45, 7) is 10.5. The lowest BCUT2D eigenvalue weighted by molar-refractivity contribution is -0.0509. The molecule has 2 heteroatoms. The highest BCUT2D eigenvalue weighted by molar-refractivity contribution is 5.14. The van der Waals surface area contributed by atoms with Crippen LogP contribution in [-0.4, -0.2) is 21.9 Å². The van der Waals surface area contributed by atoms with Gasteiger partial charge in [-0.3, -0.25) is 0 Å². The first kappa shape index (κ1) is 17.7. The van der Waals surface area contributed by atoms with Gasteiger partial charge in [0.2, 0.25) is 0 Å². The molecule has 5 atom stereocenters. The Morgan fingerprint density at radius 1 is 1.27 bits per heavy atom. The van der Waals surface area contributed by atoms with Crippen molar-refractivity contribution < 1.29 is 10.2 Å². The molecule has 1 fully saturated rings. The van der Waals surface area contributed by atoms with Gasteiger partial charge in [0, 0.05) is 0 Å². The molecule has 0 unspecified atom stereocenters. The van der Waals surface area contributed by atoms with E-state index >= 15 is 0 Å². The molecule has 0 amide bonds. The van der Waals surface area contributed by atoms with Crippen molar-refractivity contribution >= 4 is 0 Å². The molecule has 0 bridgehead atoms. The predicted molar refractivity (Wildman–Crippen MR) is 92.5 cm³/mol. The van der Waals surface area contributed by atoms with Gasteiger partial charge < -0.3 is 10.2 Å². The van der Waals surface area contributed by atoms with Crippen molar-refractivity contribution in [2.24, 2.45) is 23.2 Å². The van der Waals surface area contributed by atoms with Crippen LogP contribution in [0.25, 0.3) is 0 Å². The van der Waals surface area contributed by atoms with Gasteiger partial charge in [-0.15, -0.1) is 0 Å². The standard InChI is InChI=1S/C20H34O2/c1-14-7-6-8-15(2)13-17(21)18-16(19(3,4)22)10-12-20(18,5)11-9-14/h8-9,11,14,16-18,21-22H,6-7,10,12-13H2,1-5H3/b11-9+,15-8+/t14-,16-,17+,18-,20+/m1/s1. The molecule has 2 nitrogen and oxygen atoms in total. The Labute approximate surface area is 136 Å². The molecular formula is C20H34O2. The van der Waals surface area contributed by atoms with Crippen LogP contribution in [0.2, 0.25) is 0 Å². The van der Waals surface area contributed by atoms with E-state index in [0.717, 1.165) is 25.7 Å². The summed E-state index contributed by atoms with van der Waals surface area (Å²) < 4.78 is 0. The first-order valence-corrected chi connectivity index (χ1v) is 8.89. The smallest absolute Gasteiger partial charge is 0.0623 e. The summed E-state index contributed by atoms with van der Waals surface area (Å²) >= 11 is 0. The van der Waals surface area contributed by atoms with Crippen LogP contribution in [0.5, 0.6) is 0 Å². The largest absolute Gasteiger partial charge is 0.392 e. The summed E-state index contributed by atoms with van der Waals surface area (Å²) in [7, 11) is 0. The van der Waals surface area contributed by atoms with Crippen molar-refractivity contribution in [1.82, 2.24) is 0 Å². The molecule has 0 spiro atoms. The number of allylic oxidation sites excluding steroid dienone is 3. The van der Waals surface area contributed by atoms with E-state index in [0.29, 0.717) is 5.92 Å². The molecule has 0 aromatic rings. The van der Waals surface area contributed by atoms with Crippen LogP contribution < -0.4 is 0 Å². The molecule has 0 aliphatic heterocycles. The molecule has 2 N–H and O–H groups in total. The first-order valence-electron chi connectivity index (χ1n) is 8.89. The lowest BCUT2D eigenvalue weighted by Crippen LogP contribution is -2.43. The molecule has 1 saturated carbocycles. The fourth-order valence-corrected chi connectivity index (χ4v) is 4.58. The fraction of sp³-hybridized carbons (Fsp3) is 0.800. The first-order chi connectivity index (χ1) is 10.1. The minimum Gasteiger partial charge on any atom is -0.392 e. The van der Waals surface area contributed by atoms with E-state index in [4.69, 9.17) is 0 Å². The summed E-state index contributed by atoms with van der Waals surface area (Å²) in [6, 6.07) is 0. The monoisotopic (exact) mass is 306 g/mol. The Morgan fingerprint density at radius 2 is 1.95 bits per heavy atom. The normalized spacial score (nSPS) is 44.6. The average Bonchev–Trinajstić information content (AvgIpc) is 2.73. The minimum absolute atomic E-state index is 0.0109. The molecular weight excluding hydrogens is 272 g/mol. The number of rotatable bonds is 1. The van der Waals surface area contributed by atoms with Crippen molar-refractivity contribution in [2.45, 2.75) is 78.4 Å². The van der Waals surface area contributed by atoms with Crippen LogP contribution in [0.15, 0.2) is 23.8 Å². The Kier molecular flexibility index (Phi) is 5.23. The minimum atomic E-state index is -0.735. The Balaban J connectivity index is 2.39. The van der Waals surface area contributed by atoms with E-state index < -0.39 is 5.60 Å². The SMILES string of the molecule is C/C1=C\CC[C@@H](C)/C=C/[C@@]2(C)CC[C@@H](C(C)(C)O)[C@@H]2[C@@H](O)C1. The summed E-state index contributed by atoms with van der Waals surface area (Å²) in [5, 5.41) is 21.5. The number of hydrogen-bond acceptors (Lipinski definition) is 2. The van der Waals surface area contributed by atoms with Gasteiger partial charge in [-0.25, -0.2) is 0 Å². The van der Waals surface area contributed by atoms with Gasteiger partial charge in [0.1, 0.15) is 0 Å². The maximum Gasteiger partial charge on any atom is 0.0623 e. The number of fused-ring (bicyclic) bond motifs is 1. The average molecular weight is 306 g/mol. The highest BCUT2D eigenvalue weighted by Gasteiger charge is 2.51. The predicted octanol–water partition coefficient (Wildman–Crippen LogP) is 4.47. The van der Waals surface area contributed by atoms with Crippen molar-refractivity contribution in [2.75, 3.05) is 0 Å². The Morgan fingerprint density at radius 3 is 2.59 bits per heavy atom. The third-order valence-electron chi connectivity index (χ3n) is 5.96. The summed E-state index contributed by atoms with van der Waals surface area (Å²) in [5.41, 5.74) is 0.536. The van der Waals surface area contributed by atoms with Crippen molar-refractivity contribution in [3.05, 3.63) is 23.8 Å². The fourth-order valence-electron chi connectivity index (χ4n) is 4.58. The van der Waals surface area contributed by atoms with E-state index in [1.54, 1.807) is 0 Å². The molecule has 22 heavy (non-hydrogen) atoms. The molecule has 2 rings (SSSR count). The second kappa shape index (κ2) is 6.49. The molecule has 126 valence electrons. The topological polar surface area (TPSA) is 40.5 Å². The lowest BCUT2D eigenvalue weighted by atomic mass is 9.68. The third kappa shape index (κ3) is 3.83. The highest BCUT2D eigenvalue weighted by atomic mass is 16.3.